The largest absolute Gasteiger partial charge is 0.393 e. The van der Waals surface area contributed by atoms with Crippen LogP contribution in [-0.4, -0.2) is 29.2 Å². The third-order valence-electron chi connectivity index (χ3n) is 3.24. The molecule has 1 atom stereocenters. The Morgan fingerprint density at radius 1 is 1.20 bits per heavy atom. The quantitative estimate of drug-likeness (QED) is 0.569. The zero-order chi connectivity index (χ0) is 10.8. The van der Waals surface area contributed by atoms with Crippen molar-refractivity contribution in [3.63, 3.8) is 0 Å². The number of amides is 3. The second kappa shape index (κ2) is 4.18. The molecule has 1 aliphatic carbocycles. The predicted molar refractivity (Wildman–Crippen MR) is 53.0 cm³/mol. The minimum absolute atomic E-state index is 0.173. The number of carbonyl (C=O) groups excluding carboxylic acids is 2. The van der Waals surface area contributed by atoms with Gasteiger partial charge in [-0.05, 0) is 38.0 Å². The van der Waals surface area contributed by atoms with Crippen LogP contribution in [0.3, 0.4) is 0 Å². The van der Waals surface area contributed by atoms with E-state index in [0.717, 1.165) is 25.7 Å². The molecule has 15 heavy (non-hydrogen) atoms. The first-order valence-electron chi connectivity index (χ1n) is 5.44. The van der Waals surface area contributed by atoms with Gasteiger partial charge in [0.15, 0.2) is 0 Å². The molecule has 5 heteroatoms. The number of hydrogen-bond donors (Lipinski definition) is 3. The second-order valence-corrected chi connectivity index (χ2v) is 4.43. The maximum Gasteiger partial charge on any atom is 0.322 e. The van der Waals surface area contributed by atoms with Gasteiger partial charge in [-0.15, -0.1) is 0 Å². The molecule has 1 saturated carbocycles. The minimum atomic E-state index is -0.388. The molecule has 2 rings (SSSR count). The maximum atomic E-state index is 11.3. The third kappa shape index (κ3) is 2.47. The van der Waals surface area contributed by atoms with E-state index in [2.05, 4.69) is 10.6 Å². The summed E-state index contributed by atoms with van der Waals surface area (Å²) in [5.41, 5.74) is 0. The molecule has 3 N–H and O–H groups in total. The second-order valence-electron chi connectivity index (χ2n) is 4.43. The van der Waals surface area contributed by atoms with Crippen molar-refractivity contribution >= 4 is 11.9 Å². The van der Waals surface area contributed by atoms with Crippen molar-refractivity contribution in [2.24, 2.45) is 5.92 Å². The predicted octanol–water partition coefficient (Wildman–Crippen LogP) is 0.136. The molecular weight excluding hydrogens is 196 g/mol. The van der Waals surface area contributed by atoms with Gasteiger partial charge in [0, 0.05) is 0 Å². The highest BCUT2D eigenvalue weighted by atomic mass is 16.3. The average molecular weight is 212 g/mol. The molecule has 0 spiro atoms. The zero-order valence-electron chi connectivity index (χ0n) is 8.53. The number of aliphatic hydroxyl groups is 1. The van der Waals surface area contributed by atoms with Gasteiger partial charge < -0.3 is 10.4 Å². The maximum absolute atomic E-state index is 11.3. The lowest BCUT2D eigenvalue weighted by Crippen LogP contribution is -2.32. The highest BCUT2D eigenvalue weighted by molar-refractivity contribution is 6.04. The molecule has 2 fully saturated rings. The molecule has 0 bridgehead atoms. The van der Waals surface area contributed by atoms with Crippen molar-refractivity contribution in [1.82, 2.24) is 10.6 Å². The Morgan fingerprint density at radius 2 is 1.87 bits per heavy atom. The summed E-state index contributed by atoms with van der Waals surface area (Å²) in [6, 6.07) is -0.751. The van der Waals surface area contributed by atoms with Crippen LogP contribution in [-0.2, 0) is 4.79 Å². The lowest BCUT2D eigenvalue weighted by Gasteiger charge is -2.26. The molecule has 1 saturated heterocycles. The van der Waals surface area contributed by atoms with Crippen LogP contribution in [0.25, 0.3) is 0 Å². The Kier molecular flexibility index (Phi) is 2.90. The van der Waals surface area contributed by atoms with E-state index in [4.69, 9.17) is 0 Å². The monoisotopic (exact) mass is 212 g/mol. The van der Waals surface area contributed by atoms with Crippen molar-refractivity contribution < 1.29 is 14.7 Å². The Labute approximate surface area is 88.2 Å². The summed E-state index contributed by atoms with van der Waals surface area (Å²) in [5.74, 6) is 0.230. The number of aliphatic hydroxyl groups excluding tert-OH is 1. The summed E-state index contributed by atoms with van der Waals surface area (Å²) in [7, 11) is 0. The first-order valence-corrected chi connectivity index (χ1v) is 5.44. The van der Waals surface area contributed by atoms with Crippen LogP contribution in [0.15, 0.2) is 0 Å². The smallest absolute Gasteiger partial charge is 0.322 e. The van der Waals surface area contributed by atoms with Gasteiger partial charge in [0.25, 0.3) is 5.91 Å². The van der Waals surface area contributed by atoms with Crippen LogP contribution >= 0.6 is 0 Å². The third-order valence-corrected chi connectivity index (χ3v) is 3.24. The summed E-state index contributed by atoms with van der Waals surface area (Å²) < 4.78 is 0. The molecule has 0 aromatic carbocycles. The van der Waals surface area contributed by atoms with E-state index in [1.807, 2.05) is 0 Å². The average Bonchev–Trinajstić information content (AvgIpc) is 2.49. The Balaban J connectivity index is 1.82. The van der Waals surface area contributed by atoms with E-state index in [1.165, 1.54) is 0 Å². The normalized spacial score (nSPS) is 36.2. The first kappa shape index (κ1) is 10.4. The Bertz CT molecular complexity index is 272. The van der Waals surface area contributed by atoms with Crippen molar-refractivity contribution in [3.05, 3.63) is 0 Å². The molecule has 84 valence electrons. The molecule has 2 aliphatic rings. The van der Waals surface area contributed by atoms with E-state index in [-0.39, 0.29) is 24.1 Å². The first-order chi connectivity index (χ1) is 7.15. The Morgan fingerprint density at radius 3 is 2.40 bits per heavy atom. The summed E-state index contributed by atoms with van der Waals surface area (Å²) in [6.07, 6.45) is 4.04. The van der Waals surface area contributed by atoms with E-state index in [9.17, 15) is 14.7 Å². The minimum Gasteiger partial charge on any atom is -0.393 e. The van der Waals surface area contributed by atoms with Crippen molar-refractivity contribution in [2.45, 2.75) is 44.2 Å². The zero-order valence-corrected chi connectivity index (χ0v) is 8.53. The van der Waals surface area contributed by atoms with Crippen LogP contribution in [0.1, 0.15) is 32.1 Å². The fraction of sp³-hybridized carbons (Fsp3) is 0.800. The molecule has 0 aromatic heterocycles. The molecule has 0 aromatic rings. The standard InChI is InChI=1S/C10H16N2O3/c13-7-3-1-6(2-4-7)5-8-9(14)12-10(15)11-8/h6-8,13H,1-5H2,(H2,11,12,14,15). The summed E-state index contributed by atoms with van der Waals surface area (Å²) >= 11 is 0. The van der Waals surface area contributed by atoms with E-state index in [0.29, 0.717) is 12.3 Å². The van der Waals surface area contributed by atoms with Gasteiger partial charge in [0.1, 0.15) is 6.04 Å². The van der Waals surface area contributed by atoms with Crippen LogP contribution < -0.4 is 10.6 Å². The van der Waals surface area contributed by atoms with Crippen LogP contribution in [0.5, 0.6) is 0 Å². The van der Waals surface area contributed by atoms with Gasteiger partial charge in [0.05, 0.1) is 6.10 Å². The molecule has 0 radical (unpaired) electrons. The van der Waals surface area contributed by atoms with Crippen molar-refractivity contribution in [2.75, 3.05) is 0 Å². The molecule has 5 nitrogen and oxygen atoms in total. The molecule has 1 aliphatic heterocycles. The van der Waals surface area contributed by atoms with Crippen LogP contribution in [0.2, 0.25) is 0 Å². The number of nitrogens with one attached hydrogen (secondary N) is 2. The number of imide groups is 1. The molecule has 1 unspecified atom stereocenters. The van der Waals surface area contributed by atoms with Crippen LogP contribution in [0.4, 0.5) is 4.79 Å². The molecule has 3 amide bonds. The number of rotatable bonds is 2. The topological polar surface area (TPSA) is 78.4 Å². The van der Waals surface area contributed by atoms with Gasteiger partial charge in [-0.25, -0.2) is 4.79 Å². The number of urea groups is 1. The molecular formula is C10H16N2O3. The summed E-state index contributed by atoms with van der Waals surface area (Å²) in [5, 5.41) is 14.2. The fourth-order valence-corrected chi connectivity index (χ4v) is 2.34. The van der Waals surface area contributed by atoms with Crippen molar-refractivity contribution in [1.29, 1.82) is 0 Å². The van der Waals surface area contributed by atoms with E-state index in [1.54, 1.807) is 0 Å². The van der Waals surface area contributed by atoms with Gasteiger partial charge >= 0.3 is 6.03 Å². The summed E-state index contributed by atoms with van der Waals surface area (Å²) in [6.45, 7) is 0. The molecule has 1 heterocycles. The van der Waals surface area contributed by atoms with Gasteiger partial charge in [0.2, 0.25) is 0 Å². The highest BCUT2D eigenvalue weighted by Gasteiger charge is 2.32. The van der Waals surface area contributed by atoms with Gasteiger partial charge in [-0.3, -0.25) is 10.1 Å². The van der Waals surface area contributed by atoms with E-state index < -0.39 is 0 Å². The number of carbonyl (C=O) groups is 2. The fourth-order valence-electron chi connectivity index (χ4n) is 2.34. The Hall–Kier alpha value is -1.10. The van der Waals surface area contributed by atoms with E-state index >= 15 is 0 Å². The lowest BCUT2D eigenvalue weighted by molar-refractivity contribution is -0.120. The highest BCUT2D eigenvalue weighted by Crippen LogP contribution is 2.28. The SMILES string of the molecule is O=C1NC(=O)C(CC2CCC(O)CC2)N1. The summed E-state index contributed by atoms with van der Waals surface area (Å²) in [4.78, 5) is 22.2. The van der Waals surface area contributed by atoms with Crippen LogP contribution in [0, 0.1) is 5.92 Å². The van der Waals surface area contributed by atoms with Gasteiger partial charge in [-0.2, -0.15) is 0 Å². The lowest BCUT2D eigenvalue weighted by atomic mass is 9.83. The van der Waals surface area contributed by atoms with Crippen molar-refractivity contribution in [3.8, 4) is 0 Å². The number of hydrogen-bond acceptors (Lipinski definition) is 3. The van der Waals surface area contributed by atoms with Gasteiger partial charge in [-0.1, -0.05) is 0 Å².